The molecule has 0 spiro atoms. The fraction of sp³-hybridized carbons (Fsp3) is 0.333. The van der Waals surface area contributed by atoms with Gasteiger partial charge in [0.05, 0.1) is 5.69 Å². The van der Waals surface area contributed by atoms with Crippen LogP contribution in [0.15, 0.2) is 6.07 Å². The monoisotopic (exact) mass is 195 g/mol. The molecule has 2 heterocycles. The third-order valence-electron chi connectivity index (χ3n) is 2.08. The van der Waals surface area contributed by atoms with Gasteiger partial charge in [-0.15, -0.1) is 0 Å². The Kier molecular flexibility index (Phi) is 1.77. The fourth-order valence-electron chi connectivity index (χ4n) is 1.58. The van der Waals surface area contributed by atoms with E-state index in [0.29, 0.717) is 5.15 Å². The minimum absolute atomic E-state index is 0.521. The number of rotatable bonds is 0. The van der Waals surface area contributed by atoms with Crippen LogP contribution >= 0.6 is 11.6 Å². The summed E-state index contributed by atoms with van der Waals surface area (Å²) in [6, 6.07) is 1.84. The minimum Gasteiger partial charge on any atom is -0.285 e. The zero-order chi connectivity index (χ0) is 9.59. The van der Waals surface area contributed by atoms with Crippen LogP contribution in [-0.4, -0.2) is 14.4 Å². The summed E-state index contributed by atoms with van der Waals surface area (Å²) in [5.41, 5.74) is 2.83. The summed E-state index contributed by atoms with van der Waals surface area (Å²) in [5.74, 6) is 0.953. The Morgan fingerprint density at radius 1 is 1.23 bits per heavy atom. The Balaban J connectivity index is 2.97. The predicted octanol–water partition coefficient (Wildman–Crippen LogP) is 2.31. The van der Waals surface area contributed by atoms with E-state index in [4.69, 9.17) is 11.6 Å². The molecular weight excluding hydrogens is 186 g/mol. The topological polar surface area (TPSA) is 30.2 Å². The Hall–Kier alpha value is -1.09. The molecule has 2 rings (SSSR count). The van der Waals surface area contributed by atoms with Crippen molar-refractivity contribution in [2.45, 2.75) is 20.8 Å². The lowest BCUT2D eigenvalue weighted by Crippen LogP contribution is -1.95. The first-order valence-corrected chi connectivity index (χ1v) is 4.46. The highest BCUT2D eigenvalue weighted by Gasteiger charge is 2.08. The summed E-state index contributed by atoms with van der Waals surface area (Å²) in [6.07, 6.45) is 0. The largest absolute Gasteiger partial charge is 0.285 e. The van der Waals surface area contributed by atoms with Crippen LogP contribution in [0.25, 0.3) is 5.65 Å². The molecule has 0 aliphatic heterocycles. The van der Waals surface area contributed by atoms with Crippen molar-refractivity contribution in [2.75, 3.05) is 0 Å². The second-order valence-corrected chi connectivity index (χ2v) is 3.51. The first-order valence-electron chi connectivity index (χ1n) is 4.08. The summed E-state index contributed by atoms with van der Waals surface area (Å²) in [7, 11) is 0. The summed E-state index contributed by atoms with van der Waals surface area (Å²) in [4.78, 5) is 8.56. The van der Waals surface area contributed by atoms with Gasteiger partial charge >= 0.3 is 0 Å². The van der Waals surface area contributed by atoms with Crippen LogP contribution in [0, 0.1) is 20.8 Å². The van der Waals surface area contributed by atoms with Crippen molar-refractivity contribution < 1.29 is 0 Å². The van der Waals surface area contributed by atoms with Gasteiger partial charge in [0.1, 0.15) is 11.0 Å². The first kappa shape index (κ1) is 8.51. The highest BCUT2D eigenvalue weighted by molar-refractivity contribution is 6.29. The fourth-order valence-corrected chi connectivity index (χ4v) is 1.82. The number of nitrogens with zero attached hydrogens (tertiary/aromatic N) is 3. The average molecular weight is 196 g/mol. The molecule has 0 saturated heterocycles. The molecule has 4 heteroatoms. The molecule has 0 bridgehead atoms. The van der Waals surface area contributed by atoms with Gasteiger partial charge in [0, 0.05) is 5.69 Å². The number of halogens is 1. The SMILES string of the molecule is Cc1nc(C)n2c(C)cc(Cl)nc12. The molecule has 0 radical (unpaired) electrons. The summed E-state index contributed by atoms with van der Waals surface area (Å²) >= 11 is 5.85. The van der Waals surface area contributed by atoms with Gasteiger partial charge in [-0.05, 0) is 26.8 Å². The maximum absolute atomic E-state index is 5.85. The van der Waals surface area contributed by atoms with Crippen LogP contribution in [0.4, 0.5) is 0 Å². The van der Waals surface area contributed by atoms with Crippen molar-refractivity contribution in [1.29, 1.82) is 0 Å². The van der Waals surface area contributed by atoms with Gasteiger partial charge in [-0.3, -0.25) is 4.40 Å². The number of hydrogen-bond donors (Lipinski definition) is 0. The maximum Gasteiger partial charge on any atom is 0.161 e. The van der Waals surface area contributed by atoms with E-state index in [0.717, 1.165) is 22.9 Å². The van der Waals surface area contributed by atoms with Gasteiger partial charge < -0.3 is 0 Å². The molecule has 0 fully saturated rings. The molecule has 0 aliphatic rings. The predicted molar refractivity (Wildman–Crippen MR) is 52.2 cm³/mol. The standard InChI is InChI=1S/C9H10ClN3/c1-5-4-8(10)12-9-6(2)11-7(3)13(5)9/h4H,1-3H3. The molecule has 0 saturated carbocycles. The zero-order valence-corrected chi connectivity index (χ0v) is 8.55. The molecule has 2 aromatic rings. The normalized spacial score (nSPS) is 11.1. The van der Waals surface area contributed by atoms with Gasteiger partial charge in [0.25, 0.3) is 0 Å². The molecule has 0 amide bonds. The number of aromatic nitrogens is 3. The zero-order valence-electron chi connectivity index (χ0n) is 7.80. The smallest absolute Gasteiger partial charge is 0.161 e. The average Bonchev–Trinajstić information content (AvgIpc) is 2.27. The third kappa shape index (κ3) is 1.20. The minimum atomic E-state index is 0.521. The van der Waals surface area contributed by atoms with E-state index in [1.807, 2.05) is 31.2 Å². The number of aryl methyl sites for hydroxylation is 3. The van der Waals surface area contributed by atoms with E-state index in [1.54, 1.807) is 0 Å². The lowest BCUT2D eigenvalue weighted by molar-refractivity contribution is 0.974. The maximum atomic E-state index is 5.85. The van der Waals surface area contributed by atoms with Crippen molar-refractivity contribution >= 4 is 17.2 Å². The van der Waals surface area contributed by atoms with Gasteiger partial charge in [-0.2, -0.15) is 0 Å². The van der Waals surface area contributed by atoms with Gasteiger partial charge in [-0.1, -0.05) is 11.6 Å². The summed E-state index contributed by atoms with van der Waals surface area (Å²) in [5, 5.41) is 0.521. The van der Waals surface area contributed by atoms with Crippen molar-refractivity contribution in [1.82, 2.24) is 14.4 Å². The quantitative estimate of drug-likeness (QED) is 0.604. The molecule has 13 heavy (non-hydrogen) atoms. The molecule has 68 valence electrons. The summed E-state index contributed by atoms with van der Waals surface area (Å²) < 4.78 is 2.00. The van der Waals surface area contributed by atoms with Crippen molar-refractivity contribution in [3.8, 4) is 0 Å². The van der Waals surface area contributed by atoms with Crippen LogP contribution in [0.3, 0.4) is 0 Å². The Morgan fingerprint density at radius 3 is 2.62 bits per heavy atom. The van der Waals surface area contributed by atoms with E-state index in [-0.39, 0.29) is 0 Å². The van der Waals surface area contributed by atoms with Gasteiger partial charge in [0.15, 0.2) is 5.65 Å². The van der Waals surface area contributed by atoms with Crippen LogP contribution < -0.4 is 0 Å². The molecule has 0 atom stereocenters. The number of hydrogen-bond acceptors (Lipinski definition) is 2. The van der Waals surface area contributed by atoms with E-state index >= 15 is 0 Å². The van der Waals surface area contributed by atoms with E-state index in [2.05, 4.69) is 9.97 Å². The summed E-state index contributed by atoms with van der Waals surface area (Å²) in [6.45, 7) is 5.89. The lowest BCUT2D eigenvalue weighted by atomic mass is 10.4. The van der Waals surface area contributed by atoms with Gasteiger partial charge in [-0.25, -0.2) is 9.97 Å². The number of imidazole rings is 1. The molecule has 2 aromatic heterocycles. The highest BCUT2D eigenvalue weighted by Crippen LogP contribution is 2.16. The van der Waals surface area contributed by atoms with Gasteiger partial charge in [0.2, 0.25) is 0 Å². The highest BCUT2D eigenvalue weighted by atomic mass is 35.5. The Bertz CT molecular complexity index is 473. The van der Waals surface area contributed by atoms with Crippen LogP contribution in [-0.2, 0) is 0 Å². The lowest BCUT2D eigenvalue weighted by Gasteiger charge is -2.01. The third-order valence-corrected chi connectivity index (χ3v) is 2.28. The number of fused-ring (bicyclic) bond motifs is 1. The second-order valence-electron chi connectivity index (χ2n) is 3.12. The second kappa shape index (κ2) is 2.70. The van der Waals surface area contributed by atoms with E-state index in [1.165, 1.54) is 0 Å². The molecule has 0 aliphatic carbocycles. The van der Waals surface area contributed by atoms with Crippen molar-refractivity contribution in [2.24, 2.45) is 0 Å². The van der Waals surface area contributed by atoms with E-state index < -0.39 is 0 Å². The molecule has 0 N–H and O–H groups in total. The van der Waals surface area contributed by atoms with Crippen LogP contribution in [0.5, 0.6) is 0 Å². The molecule has 0 unspecified atom stereocenters. The van der Waals surface area contributed by atoms with Crippen molar-refractivity contribution in [3.63, 3.8) is 0 Å². The molecule has 3 nitrogen and oxygen atoms in total. The molecule has 0 aromatic carbocycles. The van der Waals surface area contributed by atoms with E-state index in [9.17, 15) is 0 Å². The first-order chi connectivity index (χ1) is 6.09. The van der Waals surface area contributed by atoms with Crippen molar-refractivity contribution in [3.05, 3.63) is 28.4 Å². The molecular formula is C9H10ClN3. The Labute approximate surface area is 81.4 Å². The Morgan fingerprint density at radius 2 is 1.92 bits per heavy atom. The van der Waals surface area contributed by atoms with Crippen LogP contribution in [0.1, 0.15) is 17.2 Å². The van der Waals surface area contributed by atoms with Crippen LogP contribution in [0.2, 0.25) is 5.15 Å².